The van der Waals surface area contributed by atoms with Gasteiger partial charge in [0.2, 0.25) is 5.91 Å². The molecule has 1 fully saturated rings. The third kappa shape index (κ3) is 2.39. The van der Waals surface area contributed by atoms with Crippen LogP contribution < -0.4 is 0 Å². The number of carbonyl (C=O) groups excluding carboxylic acids is 1. The van der Waals surface area contributed by atoms with Crippen LogP contribution in [0.5, 0.6) is 0 Å². The molecule has 1 heterocycles. The zero-order valence-corrected chi connectivity index (χ0v) is 9.34. The van der Waals surface area contributed by atoms with Gasteiger partial charge in [0.05, 0.1) is 6.10 Å². The van der Waals surface area contributed by atoms with Gasteiger partial charge in [0, 0.05) is 31.9 Å². The van der Waals surface area contributed by atoms with E-state index in [9.17, 15) is 4.79 Å². The topological polar surface area (TPSA) is 53.4 Å². The summed E-state index contributed by atoms with van der Waals surface area (Å²) < 4.78 is 0. The van der Waals surface area contributed by atoms with E-state index in [1.807, 2.05) is 12.1 Å². The molecule has 0 aliphatic heterocycles. The minimum absolute atomic E-state index is 0.0108. The van der Waals surface area contributed by atoms with Crippen molar-refractivity contribution in [1.82, 2.24) is 9.88 Å². The Kier molecular flexibility index (Phi) is 3.19. The third-order valence-electron chi connectivity index (χ3n) is 2.98. The van der Waals surface area contributed by atoms with Crippen molar-refractivity contribution in [3.8, 4) is 0 Å². The molecule has 0 unspecified atom stereocenters. The summed E-state index contributed by atoms with van der Waals surface area (Å²) in [5, 5.41) is 9.16. The van der Waals surface area contributed by atoms with Crippen molar-refractivity contribution in [1.29, 1.82) is 0 Å². The molecular formula is C12H16N2O2. The maximum Gasteiger partial charge on any atom is 0.225 e. The first kappa shape index (κ1) is 11.1. The van der Waals surface area contributed by atoms with Gasteiger partial charge in [-0.25, -0.2) is 0 Å². The number of pyridine rings is 1. The molecule has 0 atom stereocenters. The predicted octanol–water partition coefficient (Wildman–Crippen LogP) is 0.811. The van der Waals surface area contributed by atoms with Crippen molar-refractivity contribution >= 4 is 5.91 Å². The lowest BCUT2D eigenvalue weighted by molar-refractivity contribution is -0.141. The molecule has 1 N–H and O–H groups in total. The second-order valence-electron chi connectivity index (χ2n) is 4.38. The van der Waals surface area contributed by atoms with Crippen LogP contribution in [-0.2, 0) is 11.3 Å². The molecule has 0 bridgehead atoms. The van der Waals surface area contributed by atoms with Crippen molar-refractivity contribution < 1.29 is 9.90 Å². The minimum atomic E-state index is -0.277. The molecular weight excluding hydrogens is 204 g/mol. The summed E-state index contributed by atoms with van der Waals surface area (Å²) in [7, 11) is 1.79. The summed E-state index contributed by atoms with van der Waals surface area (Å²) in [4.78, 5) is 17.6. The zero-order valence-electron chi connectivity index (χ0n) is 9.34. The summed E-state index contributed by atoms with van der Waals surface area (Å²) >= 11 is 0. The van der Waals surface area contributed by atoms with Crippen LogP contribution in [0.15, 0.2) is 24.5 Å². The highest BCUT2D eigenvalue weighted by Gasteiger charge is 2.34. The lowest BCUT2D eigenvalue weighted by Crippen LogP contribution is -2.41. The average Bonchev–Trinajstić information content (AvgIpc) is 2.25. The number of hydrogen-bond donors (Lipinski definition) is 1. The second-order valence-corrected chi connectivity index (χ2v) is 4.38. The van der Waals surface area contributed by atoms with Gasteiger partial charge in [-0.3, -0.25) is 9.78 Å². The fourth-order valence-corrected chi connectivity index (χ4v) is 1.94. The lowest BCUT2D eigenvalue weighted by Gasteiger charge is -2.33. The SMILES string of the molecule is CN(Cc1cccnc1)C(=O)C1CC(O)C1. The number of carbonyl (C=O) groups is 1. The van der Waals surface area contributed by atoms with E-state index < -0.39 is 0 Å². The predicted molar refractivity (Wildman–Crippen MR) is 59.4 cm³/mol. The molecule has 0 spiro atoms. The molecule has 1 aromatic rings. The monoisotopic (exact) mass is 220 g/mol. The molecule has 4 nitrogen and oxygen atoms in total. The first-order valence-electron chi connectivity index (χ1n) is 5.49. The van der Waals surface area contributed by atoms with Crippen LogP contribution in [0.4, 0.5) is 0 Å². The van der Waals surface area contributed by atoms with Crippen LogP contribution in [0.2, 0.25) is 0 Å². The molecule has 16 heavy (non-hydrogen) atoms. The van der Waals surface area contributed by atoms with Crippen LogP contribution >= 0.6 is 0 Å². The summed E-state index contributed by atoms with van der Waals surface area (Å²) in [5.74, 6) is 0.130. The smallest absolute Gasteiger partial charge is 0.225 e. The largest absolute Gasteiger partial charge is 0.393 e. The molecule has 0 saturated heterocycles. The summed E-state index contributed by atoms with van der Waals surface area (Å²) in [5.41, 5.74) is 1.03. The van der Waals surface area contributed by atoms with Crippen LogP contribution in [-0.4, -0.2) is 34.0 Å². The first-order chi connectivity index (χ1) is 7.66. The van der Waals surface area contributed by atoms with Gasteiger partial charge in [0.15, 0.2) is 0 Å². The summed E-state index contributed by atoms with van der Waals surface area (Å²) in [6.07, 6.45) is 4.42. The molecule has 1 saturated carbocycles. The van der Waals surface area contributed by atoms with E-state index in [4.69, 9.17) is 5.11 Å². The Bertz CT molecular complexity index is 361. The number of aliphatic hydroxyl groups is 1. The average molecular weight is 220 g/mol. The van der Waals surface area contributed by atoms with E-state index in [1.165, 1.54) is 0 Å². The zero-order chi connectivity index (χ0) is 11.5. The van der Waals surface area contributed by atoms with Crippen LogP contribution in [0.1, 0.15) is 18.4 Å². The van der Waals surface area contributed by atoms with Gasteiger partial charge in [-0.05, 0) is 24.5 Å². The van der Waals surface area contributed by atoms with E-state index in [0.717, 1.165) is 5.56 Å². The van der Waals surface area contributed by atoms with Gasteiger partial charge in [-0.15, -0.1) is 0 Å². The molecule has 4 heteroatoms. The Balaban J connectivity index is 1.88. The Hall–Kier alpha value is -1.42. The van der Waals surface area contributed by atoms with Gasteiger partial charge >= 0.3 is 0 Å². The highest BCUT2D eigenvalue weighted by atomic mass is 16.3. The number of hydrogen-bond acceptors (Lipinski definition) is 3. The number of aliphatic hydroxyl groups excluding tert-OH is 1. The van der Waals surface area contributed by atoms with Crippen molar-refractivity contribution in [2.45, 2.75) is 25.5 Å². The van der Waals surface area contributed by atoms with Crippen LogP contribution in [0.3, 0.4) is 0 Å². The quantitative estimate of drug-likeness (QED) is 0.820. The van der Waals surface area contributed by atoms with Gasteiger partial charge in [-0.1, -0.05) is 6.07 Å². The normalized spacial score (nSPS) is 23.6. The van der Waals surface area contributed by atoms with Crippen LogP contribution in [0.25, 0.3) is 0 Å². The van der Waals surface area contributed by atoms with E-state index in [0.29, 0.717) is 19.4 Å². The summed E-state index contributed by atoms with van der Waals surface area (Å²) in [6, 6.07) is 3.81. The molecule has 86 valence electrons. The standard InChI is InChI=1S/C12H16N2O2/c1-14(8-9-3-2-4-13-7-9)12(16)10-5-11(15)6-10/h2-4,7,10-11,15H,5-6,8H2,1H3. The Morgan fingerprint density at radius 1 is 1.62 bits per heavy atom. The van der Waals surface area contributed by atoms with Gasteiger partial charge in [0.1, 0.15) is 0 Å². The molecule has 1 aliphatic rings. The number of nitrogens with zero attached hydrogens (tertiary/aromatic N) is 2. The van der Waals surface area contributed by atoms with Crippen LogP contribution in [0, 0.1) is 5.92 Å². The minimum Gasteiger partial charge on any atom is -0.393 e. The van der Waals surface area contributed by atoms with Crippen molar-refractivity contribution in [3.05, 3.63) is 30.1 Å². The molecule has 0 radical (unpaired) electrons. The fraction of sp³-hybridized carbons (Fsp3) is 0.500. The lowest BCUT2D eigenvalue weighted by atomic mass is 9.81. The second kappa shape index (κ2) is 4.61. The molecule has 1 aliphatic carbocycles. The van der Waals surface area contributed by atoms with Crippen molar-refractivity contribution in [3.63, 3.8) is 0 Å². The third-order valence-corrected chi connectivity index (χ3v) is 2.98. The van der Waals surface area contributed by atoms with E-state index in [1.54, 1.807) is 24.3 Å². The van der Waals surface area contributed by atoms with Gasteiger partial charge in [0.25, 0.3) is 0 Å². The van der Waals surface area contributed by atoms with E-state index in [-0.39, 0.29) is 17.9 Å². The summed E-state index contributed by atoms with van der Waals surface area (Å²) in [6.45, 7) is 0.583. The molecule has 1 aromatic heterocycles. The molecule has 0 aromatic carbocycles. The van der Waals surface area contributed by atoms with E-state index >= 15 is 0 Å². The van der Waals surface area contributed by atoms with Gasteiger partial charge < -0.3 is 10.0 Å². The van der Waals surface area contributed by atoms with Crippen molar-refractivity contribution in [2.24, 2.45) is 5.92 Å². The Morgan fingerprint density at radius 3 is 2.94 bits per heavy atom. The van der Waals surface area contributed by atoms with Crippen molar-refractivity contribution in [2.75, 3.05) is 7.05 Å². The Labute approximate surface area is 94.9 Å². The maximum atomic E-state index is 11.9. The van der Waals surface area contributed by atoms with E-state index in [2.05, 4.69) is 4.98 Å². The molecule has 2 rings (SSSR count). The molecule has 1 amide bonds. The number of aromatic nitrogens is 1. The van der Waals surface area contributed by atoms with Gasteiger partial charge in [-0.2, -0.15) is 0 Å². The number of rotatable bonds is 3. The highest BCUT2D eigenvalue weighted by Crippen LogP contribution is 2.28. The maximum absolute atomic E-state index is 11.9. The first-order valence-corrected chi connectivity index (χ1v) is 5.49. The number of amides is 1. The highest BCUT2D eigenvalue weighted by molar-refractivity contribution is 5.79. The fourth-order valence-electron chi connectivity index (χ4n) is 1.94. The Morgan fingerprint density at radius 2 is 2.38 bits per heavy atom.